The van der Waals surface area contributed by atoms with Gasteiger partial charge in [-0.1, -0.05) is 0 Å². The van der Waals surface area contributed by atoms with Gasteiger partial charge in [0, 0.05) is 56.0 Å². The Morgan fingerprint density at radius 1 is 1.05 bits per heavy atom. The van der Waals surface area contributed by atoms with Crippen LogP contribution in [0, 0.1) is 11.6 Å². The zero-order chi connectivity index (χ0) is 30.4. The Morgan fingerprint density at radius 2 is 1.79 bits per heavy atom. The van der Waals surface area contributed by atoms with Gasteiger partial charge >= 0.3 is 12.1 Å². The molecule has 3 aliphatic rings. The molecular weight excluding hydrogens is 564 g/mol. The lowest BCUT2D eigenvalue weighted by Crippen LogP contribution is -2.39. The van der Waals surface area contributed by atoms with Crippen LogP contribution in [0.25, 0.3) is 10.9 Å². The van der Waals surface area contributed by atoms with Crippen LogP contribution in [0.15, 0.2) is 41.3 Å². The summed E-state index contributed by atoms with van der Waals surface area (Å²) in [5, 5.41) is 9.50. The van der Waals surface area contributed by atoms with Gasteiger partial charge in [-0.25, -0.2) is 18.4 Å². The zero-order valence-corrected chi connectivity index (χ0v) is 23.6. The molecule has 2 aromatic carbocycles. The van der Waals surface area contributed by atoms with E-state index in [1.165, 1.54) is 30.2 Å². The summed E-state index contributed by atoms with van der Waals surface area (Å²) < 4.78 is 43.3. The molecule has 2 saturated heterocycles. The Hall–Kier alpha value is -4.48. The third-order valence-electron chi connectivity index (χ3n) is 8.27. The van der Waals surface area contributed by atoms with Crippen molar-refractivity contribution in [2.75, 3.05) is 29.4 Å². The normalized spacial score (nSPS) is 19.1. The monoisotopic (exact) mass is 595 g/mol. The summed E-state index contributed by atoms with van der Waals surface area (Å²) in [5.41, 5.74) is 0.0688. The number of nitrogens with zero attached hydrogens (tertiary/aromatic N) is 3. The lowest BCUT2D eigenvalue weighted by atomic mass is 10.0. The van der Waals surface area contributed by atoms with Crippen LogP contribution < -0.4 is 20.0 Å². The van der Waals surface area contributed by atoms with Crippen molar-refractivity contribution in [3.05, 3.63) is 63.9 Å². The van der Waals surface area contributed by atoms with Gasteiger partial charge in [-0.3, -0.25) is 9.69 Å². The summed E-state index contributed by atoms with van der Waals surface area (Å²) in [5.74, 6) is -2.53. The first-order valence-electron chi connectivity index (χ1n) is 14.4. The second-order valence-electron chi connectivity index (χ2n) is 11.4. The van der Waals surface area contributed by atoms with Crippen molar-refractivity contribution >= 4 is 40.1 Å². The summed E-state index contributed by atoms with van der Waals surface area (Å²) in [6.07, 6.45) is 3.40. The minimum atomic E-state index is -1.34. The smallest absolute Gasteiger partial charge is 0.414 e. The van der Waals surface area contributed by atoms with E-state index in [2.05, 4.69) is 0 Å². The molecule has 43 heavy (non-hydrogen) atoms. The van der Waals surface area contributed by atoms with E-state index in [-0.39, 0.29) is 41.2 Å². The van der Waals surface area contributed by atoms with Crippen LogP contribution in [0.4, 0.5) is 25.0 Å². The molecule has 6 rings (SSSR count). The Morgan fingerprint density at radius 3 is 2.44 bits per heavy atom. The number of aromatic nitrogens is 1. The first-order valence-corrected chi connectivity index (χ1v) is 14.4. The Kier molecular flexibility index (Phi) is 7.53. The van der Waals surface area contributed by atoms with E-state index < -0.39 is 35.2 Å². The van der Waals surface area contributed by atoms with Crippen LogP contribution >= 0.6 is 0 Å². The molecule has 1 atom stereocenters. The number of hydrogen-bond acceptors (Lipinski definition) is 7. The molecule has 10 nitrogen and oxygen atoms in total. The minimum absolute atomic E-state index is 0.00547. The van der Waals surface area contributed by atoms with Crippen molar-refractivity contribution in [1.82, 2.24) is 4.57 Å². The topological polar surface area (TPSA) is 118 Å². The summed E-state index contributed by atoms with van der Waals surface area (Å²) in [6.45, 7) is 2.55. The van der Waals surface area contributed by atoms with Gasteiger partial charge < -0.3 is 28.8 Å². The van der Waals surface area contributed by atoms with Gasteiger partial charge in [0.2, 0.25) is 5.43 Å². The van der Waals surface area contributed by atoms with E-state index in [1.807, 2.05) is 4.90 Å². The molecule has 3 fully saturated rings. The summed E-state index contributed by atoms with van der Waals surface area (Å²) in [6, 6.07) is 7.09. The highest BCUT2D eigenvalue weighted by atomic mass is 19.1. The van der Waals surface area contributed by atoms with E-state index in [1.54, 1.807) is 16.7 Å². The second kappa shape index (κ2) is 11.3. The molecule has 0 radical (unpaired) electrons. The zero-order valence-electron chi connectivity index (χ0n) is 23.6. The van der Waals surface area contributed by atoms with Gasteiger partial charge in [-0.05, 0) is 50.5 Å². The van der Waals surface area contributed by atoms with Crippen LogP contribution in [0.3, 0.4) is 0 Å². The molecule has 0 spiro atoms. The summed E-state index contributed by atoms with van der Waals surface area (Å²) in [4.78, 5) is 51.1. The van der Waals surface area contributed by atoms with Crippen molar-refractivity contribution in [2.24, 2.45) is 0 Å². The van der Waals surface area contributed by atoms with Gasteiger partial charge in [-0.2, -0.15) is 0 Å². The molecule has 0 unspecified atom stereocenters. The van der Waals surface area contributed by atoms with Crippen LogP contribution in [0.2, 0.25) is 0 Å². The number of ketones is 1. The van der Waals surface area contributed by atoms with Crippen molar-refractivity contribution in [1.29, 1.82) is 0 Å². The molecular formula is C31H31F2N3O7. The maximum atomic E-state index is 15.3. The highest BCUT2D eigenvalue weighted by Crippen LogP contribution is 2.38. The highest BCUT2D eigenvalue weighted by Gasteiger charge is 2.33. The number of Topliss-reactive ketones (excluding diaryl/α,β-unsaturated/α-hetero) is 1. The van der Waals surface area contributed by atoms with Crippen molar-refractivity contribution in [3.63, 3.8) is 0 Å². The molecule has 3 aromatic rings. The third-order valence-corrected chi connectivity index (χ3v) is 8.27. The quantitative estimate of drug-likeness (QED) is 0.365. The fraction of sp³-hybridized carbons (Fsp3) is 0.419. The molecule has 2 aliphatic heterocycles. The highest BCUT2D eigenvalue weighted by molar-refractivity contribution is 5.94. The van der Waals surface area contributed by atoms with E-state index in [0.717, 1.165) is 18.9 Å². The fourth-order valence-corrected chi connectivity index (χ4v) is 5.80. The van der Waals surface area contributed by atoms with E-state index in [4.69, 9.17) is 9.47 Å². The number of carboxylic acids is 1. The van der Waals surface area contributed by atoms with Crippen LogP contribution in [0.5, 0.6) is 5.75 Å². The molecule has 1 saturated carbocycles. The number of fused-ring (bicyclic) bond motifs is 1. The van der Waals surface area contributed by atoms with Crippen molar-refractivity contribution in [2.45, 2.75) is 63.7 Å². The van der Waals surface area contributed by atoms with Gasteiger partial charge in [-0.15, -0.1) is 0 Å². The molecule has 1 amide bonds. The molecule has 0 bridgehead atoms. The maximum Gasteiger partial charge on any atom is 0.414 e. The number of halogens is 2. The minimum Gasteiger partial charge on any atom is -0.487 e. The first-order chi connectivity index (χ1) is 20.6. The van der Waals surface area contributed by atoms with E-state index in [0.29, 0.717) is 55.7 Å². The molecule has 1 aliphatic carbocycles. The Bertz CT molecular complexity index is 1680. The van der Waals surface area contributed by atoms with Crippen LogP contribution in [0.1, 0.15) is 61.8 Å². The number of piperidine rings is 1. The lowest BCUT2D eigenvalue weighted by molar-refractivity contribution is -0.117. The number of aromatic carboxylic acids is 1. The van der Waals surface area contributed by atoms with E-state index >= 15 is 8.78 Å². The number of carbonyl (C=O) groups is 3. The SMILES string of the molecule is CC(=O)CC[C@H]1CN(c2ccc(OC3CCN(c4cc5c(cc4F)c(=O)c(C(=O)O)cn5C4CC4)CC3)c(F)c2)C(=O)O1. The number of pyridine rings is 1. The number of carboxylic acid groups (broad SMARTS) is 1. The number of ether oxygens (including phenoxy) is 2. The largest absolute Gasteiger partial charge is 0.487 e. The summed E-state index contributed by atoms with van der Waals surface area (Å²) in [7, 11) is 0. The number of benzene rings is 2. The molecule has 1 N–H and O–H groups in total. The second-order valence-corrected chi connectivity index (χ2v) is 11.4. The van der Waals surface area contributed by atoms with Gasteiger partial charge in [0.25, 0.3) is 0 Å². The predicted octanol–water partition coefficient (Wildman–Crippen LogP) is 5.06. The summed E-state index contributed by atoms with van der Waals surface area (Å²) >= 11 is 0. The molecule has 3 heterocycles. The standard InChI is InChI=1S/C31H31F2N3O7/c1-17(37)2-6-21-15-36(31(41)43-21)19-5-7-28(25(33)12-19)42-20-8-10-34(11-9-20)27-14-26-22(13-24(27)32)29(38)23(30(39)40)16-35(26)18-3-4-18/h5,7,12-14,16,18,20-21H,2-4,6,8-11,15H2,1H3,(H,39,40)/t21-/m0/s1. The van der Waals surface area contributed by atoms with Crippen molar-refractivity contribution in [3.8, 4) is 5.75 Å². The molecule has 1 aromatic heterocycles. The lowest BCUT2D eigenvalue weighted by Gasteiger charge is -2.34. The average molecular weight is 596 g/mol. The Balaban J connectivity index is 1.12. The fourth-order valence-electron chi connectivity index (χ4n) is 5.80. The van der Waals surface area contributed by atoms with Gasteiger partial charge in [0.1, 0.15) is 29.4 Å². The van der Waals surface area contributed by atoms with Crippen molar-refractivity contribution < 1.29 is 37.7 Å². The number of rotatable bonds is 9. The van der Waals surface area contributed by atoms with E-state index in [9.17, 15) is 24.3 Å². The average Bonchev–Trinajstić information content (AvgIpc) is 3.75. The Labute approximate surface area is 245 Å². The third kappa shape index (κ3) is 5.78. The molecule has 12 heteroatoms. The van der Waals surface area contributed by atoms with Gasteiger partial charge in [0.05, 0.1) is 23.4 Å². The number of hydrogen-bond donors (Lipinski definition) is 1. The van der Waals surface area contributed by atoms with Gasteiger partial charge in [0.15, 0.2) is 11.6 Å². The van der Waals surface area contributed by atoms with Crippen LogP contribution in [-0.4, -0.2) is 59.4 Å². The maximum absolute atomic E-state index is 15.3. The number of carbonyl (C=O) groups excluding carboxylic acids is 2. The number of amides is 1. The number of anilines is 2. The first kappa shape index (κ1) is 28.6. The predicted molar refractivity (Wildman–Crippen MR) is 153 cm³/mol. The molecule has 226 valence electrons. The van der Waals surface area contributed by atoms with Crippen LogP contribution in [-0.2, 0) is 9.53 Å². The number of cyclic esters (lactones) is 1.